The monoisotopic (exact) mass is 259 g/mol. The summed E-state index contributed by atoms with van der Waals surface area (Å²) >= 11 is 0. The SMILES string of the molecule is NCC1(c2cccc(C(F)(F)F)c2O)CCCC1. The highest BCUT2D eigenvalue weighted by atomic mass is 19.4. The van der Waals surface area contributed by atoms with E-state index in [2.05, 4.69) is 0 Å². The lowest BCUT2D eigenvalue weighted by molar-refractivity contribution is -0.138. The molecule has 1 aliphatic carbocycles. The van der Waals surface area contributed by atoms with E-state index in [9.17, 15) is 18.3 Å². The number of alkyl halides is 3. The number of benzene rings is 1. The van der Waals surface area contributed by atoms with Crippen LogP contribution in [0.15, 0.2) is 18.2 Å². The van der Waals surface area contributed by atoms with Crippen LogP contribution in [0.25, 0.3) is 0 Å². The lowest BCUT2D eigenvalue weighted by Gasteiger charge is -2.29. The molecule has 0 heterocycles. The third-order valence-corrected chi connectivity index (χ3v) is 3.86. The van der Waals surface area contributed by atoms with Crippen LogP contribution in [0.4, 0.5) is 13.2 Å². The molecule has 0 unspecified atom stereocenters. The maximum atomic E-state index is 12.8. The Morgan fingerprint density at radius 1 is 1.22 bits per heavy atom. The van der Waals surface area contributed by atoms with Gasteiger partial charge in [0.2, 0.25) is 0 Å². The summed E-state index contributed by atoms with van der Waals surface area (Å²) in [6, 6.07) is 3.80. The van der Waals surface area contributed by atoms with Gasteiger partial charge in [-0.05, 0) is 18.9 Å². The molecule has 0 aromatic heterocycles. The van der Waals surface area contributed by atoms with Crippen LogP contribution >= 0.6 is 0 Å². The second-order valence-electron chi connectivity index (χ2n) is 4.89. The molecule has 1 aromatic rings. The van der Waals surface area contributed by atoms with E-state index in [0.29, 0.717) is 5.56 Å². The Morgan fingerprint density at radius 3 is 2.33 bits per heavy atom. The van der Waals surface area contributed by atoms with Crippen molar-refractivity contribution in [2.24, 2.45) is 5.73 Å². The Bertz CT molecular complexity index is 436. The van der Waals surface area contributed by atoms with Crippen LogP contribution in [0.1, 0.15) is 36.8 Å². The molecule has 1 fully saturated rings. The van der Waals surface area contributed by atoms with Gasteiger partial charge in [0.1, 0.15) is 5.75 Å². The van der Waals surface area contributed by atoms with Crippen molar-refractivity contribution in [1.29, 1.82) is 0 Å². The molecule has 18 heavy (non-hydrogen) atoms. The lowest BCUT2D eigenvalue weighted by atomic mass is 9.78. The minimum atomic E-state index is -4.53. The average molecular weight is 259 g/mol. The first kappa shape index (κ1) is 13.2. The van der Waals surface area contributed by atoms with E-state index in [4.69, 9.17) is 5.73 Å². The van der Waals surface area contributed by atoms with Gasteiger partial charge < -0.3 is 10.8 Å². The molecule has 0 bridgehead atoms. The first-order valence-corrected chi connectivity index (χ1v) is 6.00. The van der Waals surface area contributed by atoms with Crippen molar-refractivity contribution in [3.63, 3.8) is 0 Å². The van der Waals surface area contributed by atoms with E-state index < -0.39 is 22.9 Å². The minimum Gasteiger partial charge on any atom is -0.507 e. The van der Waals surface area contributed by atoms with Gasteiger partial charge in [0.25, 0.3) is 0 Å². The van der Waals surface area contributed by atoms with Crippen molar-refractivity contribution in [2.75, 3.05) is 6.54 Å². The lowest BCUT2D eigenvalue weighted by Crippen LogP contribution is -2.32. The number of halogens is 3. The molecular formula is C13H16F3NO. The molecule has 1 aromatic carbocycles. The molecule has 100 valence electrons. The topological polar surface area (TPSA) is 46.2 Å². The number of para-hydroxylation sites is 1. The van der Waals surface area contributed by atoms with Crippen molar-refractivity contribution in [3.8, 4) is 5.75 Å². The summed E-state index contributed by atoms with van der Waals surface area (Å²) in [4.78, 5) is 0. The largest absolute Gasteiger partial charge is 0.507 e. The molecule has 2 rings (SSSR count). The van der Waals surface area contributed by atoms with Gasteiger partial charge in [-0.25, -0.2) is 0 Å². The summed E-state index contributed by atoms with van der Waals surface area (Å²) in [6.45, 7) is 0.266. The fraction of sp³-hybridized carbons (Fsp3) is 0.538. The second kappa shape index (κ2) is 4.46. The first-order valence-electron chi connectivity index (χ1n) is 6.00. The molecule has 0 atom stereocenters. The van der Waals surface area contributed by atoms with Gasteiger partial charge in [-0.3, -0.25) is 0 Å². The molecule has 1 saturated carbocycles. The van der Waals surface area contributed by atoms with E-state index in [1.54, 1.807) is 6.07 Å². The Morgan fingerprint density at radius 2 is 1.83 bits per heavy atom. The zero-order chi connectivity index (χ0) is 13.4. The fourth-order valence-corrected chi connectivity index (χ4v) is 2.84. The van der Waals surface area contributed by atoms with Crippen LogP contribution in [0.5, 0.6) is 5.75 Å². The predicted molar refractivity (Wildman–Crippen MR) is 62.3 cm³/mol. The quantitative estimate of drug-likeness (QED) is 0.856. The first-order chi connectivity index (χ1) is 8.41. The highest BCUT2D eigenvalue weighted by Gasteiger charge is 2.40. The summed E-state index contributed by atoms with van der Waals surface area (Å²) in [5, 5.41) is 9.91. The van der Waals surface area contributed by atoms with Gasteiger partial charge in [-0.15, -0.1) is 0 Å². The number of phenols is 1. The molecular weight excluding hydrogens is 243 g/mol. The Balaban J connectivity index is 2.52. The standard InChI is InChI=1S/C13H16F3NO/c14-13(15,16)10-5-3-4-9(11(10)18)12(8-17)6-1-2-7-12/h3-5,18H,1-2,6-8,17H2. The predicted octanol–water partition coefficient (Wildman–Crippen LogP) is 3.18. The zero-order valence-electron chi connectivity index (χ0n) is 9.93. The van der Waals surface area contributed by atoms with E-state index in [0.717, 1.165) is 31.7 Å². The molecule has 5 heteroatoms. The molecule has 0 spiro atoms. The number of aromatic hydroxyl groups is 1. The highest BCUT2D eigenvalue weighted by Crippen LogP contribution is 2.47. The van der Waals surface area contributed by atoms with Crippen molar-refractivity contribution < 1.29 is 18.3 Å². The summed E-state index contributed by atoms with van der Waals surface area (Å²) in [5.41, 5.74) is 4.61. The number of nitrogens with two attached hydrogens (primary N) is 1. The second-order valence-corrected chi connectivity index (χ2v) is 4.89. The Labute approximate surface area is 104 Å². The third kappa shape index (κ3) is 2.07. The van der Waals surface area contributed by atoms with E-state index >= 15 is 0 Å². The summed E-state index contributed by atoms with van der Waals surface area (Å²) < 4.78 is 38.3. The smallest absolute Gasteiger partial charge is 0.419 e. The van der Waals surface area contributed by atoms with E-state index in [1.165, 1.54) is 6.07 Å². The van der Waals surface area contributed by atoms with Crippen molar-refractivity contribution in [2.45, 2.75) is 37.3 Å². The number of hydrogen-bond acceptors (Lipinski definition) is 2. The van der Waals surface area contributed by atoms with Crippen LogP contribution in [0.2, 0.25) is 0 Å². The van der Waals surface area contributed by atoms with Crippen LogP contribution in [0.3, 0.4) is 0 Å². The molecule has 3 N–H and O–H groups in total. The molecule has 0 aliphatic heterocycles. The van der Waals surface area contributed by atoms with Crippen molar-refractivity contribution >= 4 is 0 Å². The van der Waals surface area contributed by atoms with Crippen LogP contribution in [-0.4, -0.2) is 11.7 Å². The number of hydrogen-bond donors (Lipinski definition) is 2. The summed E-state index contributed by atoms with van der Waals surface area (Å²) in [6.07, 6.45) is -1.19. The average Bonchev–Trinajstić information content (AvgIpc) is 2.77. The molecule has 0 radical (unpaired) electrons. The van der Waals surface area contributed by atoms with Crippen molar-refractivity contribution in [3.05, 3.63) is 29.3 Å². The summed E-state index contributed by atoms with van der Waals surface area (Å²) in [5.74, 6) is -0.655. The minimum absolute atomic E-state index is 0.266. The van der Waals surface area contributed by atoms with E-state index in [-0.39, 0.29) is 6.54 Å². The van der Waals surface area contributed by atoms with Gasteiger partial charge in [-0.1, -0.05) is 25.0 Å². The van der Waals surface area contributed by atoms with Crippen molar-refractivity contribution in [1.82, 2.24) is 0 Å². The number of phenolic OH excluding ortho intramolecular Hbond substituents is 1. The van der Waals surface area contributed by atoms with Crippen LogP contribution in [-0.2, 0) is 11.6 Å². The van der Waals surface area contributed by atoms with Crippen LogP contribution in [0, 0.1) is 0 Å². The van der Waals surface area contributed by atoms with E-state index in [1.807, 2.05) is 0 Å². The van der Waals surface area contributed by atoms with Gasteiger partial charge in [0.15, 0.2) is 0 Å². The van der Waals surface area contributed by atoms with Gasteiger partial charge >= 0.3 is 6.18 Å². The maximum Gasteiger partial charge on any atom is 0.419 e. The van der Waals surface area contributed by atoms with Gasteiger partial charge in [0.05, 0.1) is 5.56 Å². The summed E-state index contributed by atoms with van der Waals surface area (Å²) in [7, 11) is 0. The van der Waals surface area contributed by atoms with Gasteiger partial charge in [0, 0.05) is 17.5 Å². The molecule has 2 nitrogen and oxygen atoms in total. The number of rotatable bonds is 2. The zero-order valence-corrected chi connectivity index (χ0v) is 9.93. The fourth-order valence-electron chi connectivity index (χ4n) is 2.84. The molecule has 0 amide bonds. The normalized spacial score (nSPS) is 19.1. The molecule has 1 aliphatic rings. The Kier molecular flexibility index (Phi) is 3.27. The Hall–Kier alpha value is -1.23. The third-order valence-electron chi connectivity index (χ3n) is 3.86. The van der Waals surface area contributed by atoms with Gasteiger partial charge in [-0.2, -0.15) is 13.2 Å². The van der Waals surface area contributed by atoms with Crippen LogP contribution < -0.4 is 5.73 Å². The maximum absolute atomic E-state index is 12.8. The highest BCUT2D eigenvalue weighted by molar-refractivity contribution is 5.47. The molecule has 0 saturated heterocycles.